The molecule has 1 aromatic rings. The van der Waals surface area contributed by atoms with Crippen LogP contribution < -0.4 is 5.32 Å². The zero-order valence-corrected chi connectivity index (χ0v) is 8.76. The van der Waals surface area contributed by atoms with Gasteiger partial charge in [-0.2, -0.15) is 18.2 Å². The highest BCUT2D eigenvalue weighted by Gasteiger charge is 2.43. The Morgan fingerprint density at radius 2 is 2.25 bits per heavy atom. The maximum atomic E-state index is 12.3. The van der Waals surface area contributed by atoms with E-state index >= 15 is 0 Å². The monoisotopic (exact) mass is 235 g/mol. The third-order valence-corrected chi connectivity index (χ3v) is 3.05. The molecule has 0 amide bonds. The molecule has 0 spiro atoms. The van der Waals surface area contributed by atoms with Crippen molar-refractivity contribution in [2.45, 2.75) is 31.4 Å². The fourth-order valence-corrected chi connectivity index (χ4v) is 1.93. The second-order valence-corrected chi connectivity index (χ2v) is 3.98. The van der Waals surface area contributed by atoms with E-state index in [9.17, 15) is 13.2 Å². The van der Waals surface area contributed by atoms with E-state index in [4.69, 9.17) is 4.52 Å². The zero-order valence-electron chi connectivity index (χ0n) is 8.76. The van der Waals surface area contributed by atoms with E-state index in [0.29, 0.717) is 13.0 Å². The van der Waals surface area contributed by atoms with Crippen LogP contribution in [-0.4, -0.2) is 23.2 Å². The molecular formula is C9H12F3N3O. The van der Waals surface area contributed by atoms with Crippen molar-refractivity contribution >= 4 is 0 Å². The van der Waals surface area contributed by atoms with Gasteiger partial charge in [-0.3, -0.25) is 0 Å². The maximum Gasteiger partial charge on any atom is 0.455 e. The Bertz CT molecular complexity index is 368. The van der Waals surface area contributed by atoms with Crippen molar-refractivity contribution in [3.8, 4) is 0 Å². The number of halogens is 3. The maximum absolute atomic E-state index is 12.3. The number of nitrogens with one attached hydrogen (secondary N) is 1. The molecule has 2 heterocycles. The van der Waals surface area contributed by atoms with Crippen LogP contribution in [0.4, 0.5) is 13.2 Å². The van der Waals surface area contributed by atoms with Crippen molar-refractivity contribution in [3.63, 3.8) is 0 Å². The van der Waals surface area contributed by atoms with Crippen LogP contribution in [0.1, 0.15) is 31.5 Å². The second-order valence-electron chi connectivity index (χ2n) is 3.98. The molecule has 1 N–H and O–H groups in total. The summed E-state index contributed by atoms with van der Waals surface area (Å²) in [7, 11) is 0. The predicted octanol–water partition coefficient (Wildman–Crippen LogP) is 1.73. The van der Waals surface area contributed by atoms with E-state index < -0.39 is 17.4 Å². The van der Waals surface area contributed by atoms with Gasteiger partial charge in [-0.1, -0.05) is 12.1 Å². The SMILES string of the molecule is CCC1(c2nc(C(F)(F)F)no2)CCNC1. The molecule has 1 aliphatic rings. The Morgan fingerprint density at radius 3 is 2.69 bits per heavy atom. The summed E-state index contributed by atoms with van der Waals surface area (Å²) in [6.07, 6.45) is -3.13. The highest BCUT2D eigenvalue weighted by Crippen LogP contribution is 2.35. The molecule has 1 fully saturated rings. The summed E-state index contributed by atoms with van der Waals surface area (Å²) in [5.74, 6) is -1.10. The minimum atomic E-state index is -4.54. The molecule has 2 rings (SSSR count). The number of nitrogens with zero attached hydrogens (tertiary/aromatic N) is 2. The quantitative estimate of drug-likeness (QED) is 0.848. The van der Waals surface area contributed by atoms with Gasteiger partial charge in [0.1, 0.15) is 0 Å². The van der Waals surface area contributed by atoms with Gasteiger partial charge in [0.2, 0.25) is 5.89 Å². The summed E-state index contributed by atoms with van der Waals surface area (Å²) in [4.78, 5) is 3.46. The third kappa shape index (κ3) is 1.79. The average Bonchev–Trinajstić information content (AvgIpc) is 2.86. The summed E-state index contributed by atoms with van der Waals surface area (Å²) in [6.45, 7) is 3.25. The zero-order chi connectivity index (χ0) is 11.8. The van der Waals surface area contributed by atoms with Crippen LogP contribution in [0.25, 0.3) is 0 Å². The van der Waals surface area contributed by atoms with Crippen LogP contribution in [0.15, 0.2) is 4.52 Å². The Hall–Kier alpha value is -1.11. The lowest BCUT2D eigenvalue weighted by Gasteiger charge is -2.20. The Kier molecular flexibility index (Phi) is 2.65. The molecule has 0 radical (unpaired) electrons. The number of hydrogen-bond acceptors (Lipinski definition) is 4. The minimum Gasteiger partial charge on any atom is -0.338 e. The summed E-state index contributed by atoms with van der Waals surface area (Å²) in [5, 5.41) is 6.09. The fraction of sp³-hybridized carbons (Fsp3) is 0.778. The van der Waals surface area contributed by atoms with Crippen molar-refractivity contribution in [1.29, 1.82) is 0 Å². The first-order chi connectivity index (χ1) is 7.48. The molecule has 0 aromatic carbocycles. The molecule has 1 aliphatic heterocycles. The first-order valence-corrected chi connectivity index (χ1v) is 5.10. The van der Waals surface area contributed by atoms with Crippen molar-refractivity contribution in [2.75, 3.05) is 13.1 Å². The van der Waals surface area contributed by atoms with Gasteiger partial charge in [0.15, 0.2) is 0 Å². The minimum absolute atomic E-state index is 0.0901. The summed E-state index contributed by atoms with van der Waals surface area (Å²) in [5.41, 5.74) is -0.434. The topological polar surface area (TPSA) is 51.0 Å². The van der Waals surface area contributed by atoms with Gasteiger partial charge >= 0.3 is 6.18 Å². The van der Waals surface area contributed by atoms with Gasteiger partial charge in [-0.05, 0) is 19.4 Å². The molecular weight excluding hydrogens is 223 g/mol. The number of rotatable bonds is 2. The van der Waals surface area contributed by atoms with Crippen molar-refractivity contribution in [3.05, 3.63) is 11.7 Å². The van der Waals surface area contributed by atoms with Crippen LogP contribution >= 0.6 is 0 Å². The van der Waals surface area contributed by atoms with E-state index in [1.807, 2.05) is 6.92 Å². The standard InChI is InChI=1S/C9H12F3N3O/c1-2-8(3-4-13-5-8)7-14-6(15-16-7)9(10,11)12/h13H,2-5H2,1H3. The summed E-state index contributed by atoms with van der Waals surface area (Å²) >= 11 is 0. The number of alkyl halides is 3. The number of hydrogen-bond donors (Lipinski definition) is 1. The smallest absolute Gasteiger partial charge is 0.338 e. The fourth-order valence-electron chi connectivity index (χ4n) is 1.93. The van der Waals surface area contributed by atoms with Gasteiger partial charge in [0.25, 0.3) is 5.82 Å². The van der Waals surface area contributed by atoms with Crippen LogP contribution in [0.5, 0.6) is 0 Å². The lowest BCUT2D eigenvalue weighted by atomic mass is 9.84. The van der Waals surface area contributed by atoms with Crippen molar-refractivity contribution in [2.24, 2.45) is 0 Å². The van der Waals surface area contributed by atoms with E-state index in [2.05, 4.69) is 15.5 Å². The molecule has 1 atom stereocenters. The molecule has 4 nitrogen and oxygen atoms in total. The van der Waals surface area contributed by atoms with Crippen LogP contribution in [0, 0.1) is 0 Å². The highest BCUT2D eigenvalue weighted by atomic mass is 19.4. The molecule has 16 heavy (non-hydrogen) atoms. The Morgan fingerprint density at radius 1 is 1.50 bits per heavy atom. The second kappa shape index (κ2) is 3.73. The van der Waals surface area contributed by atoms with Gasteiger partial charge in [0, 0.05) is 6.54 Å². The first-order valence-electron chi connectivity index (χ1n) is 5.10. The summed E-state index contributed by atoms with van der Waals surface area (Å²) < 4.78 is 41.7. The Balaban J connectivity index is 2.30. The normalized spacial score (nSPS) is 26.2. The Labute approximate surface area is 90.2 Å². The van der Waals surface area contributed by atoms with Gasteiger partial charge in [0.05, 0.1) is 5.41 Å². The molecule has 1 aromatic heterocycles. The summed E-state index contributed by atoms with van der Waals surface area (Å²) in [6, 6.07) is 0. The molecule has 0 aliphatic carbocycles. The lowest BCUT2D eigenvalue weighted by molar-refractivity contribution is -0.146. The van der Waals surface area contributed by atoms with Crippen LogP contribution in [0.3, 0.4) is 0 Å². The predicted molar refractivity (Wildman–Crippen MR) is 48.8 cm³/mol. The van der Waals surface area contributed by atoms with E-state index in [1.165, 1.54) is 0 Å². The molecule has 1 unspecified atom stereocenters. The lowest BCUT2D eigenvalue weighted by Crippen LogP contribution is -2.28. The van der Waals surface area contributed by atoms with Crippen molar-refractivity contribution < 1.29 is 17.7 Å². The van der Waals surface area contributed by atoms with Crippen molar-refractivity contribution in [1.82, 2.24) is 15.5 Å². The molecule has 90 valence electrons. The van der Waals surface area contributed by atoms with E-state index in [-0.39, 0.29) is 5.89 Å². The van der Waals surface area contributed by atoms with Crippen LogP contribution in [0.2, 0.25) is 0 Å². The first kappa shape index (κ1) is 11.4. The number of aromatic nitrogens is 2. The molecule has 7 heteroatoms. The van der Waals surface area contributed by atoms with E-state index in [1.54, 1.807) is 0 Å². The average molecular weight is 235 g/mol. The van der Waals surface area contributed by atoms with Gasteiger partial charge in [-0.15, -0.1) is 0 Å². The molecule has 0 bridgehead atoms. The van der Waals surface area contributed by atoms with E-state index in [0.717, 1.165) is 13.0 Å². The third-order valence-electron chi connectivity index (χ3n) is 3.05. The largest absolute Gasteiger partial charge is 0.455 e. The molecule has 1 saturated heterocycles. The van der Waals surface area contributed by atoms with Crippen LogP contribution in [-0.2, 0) is 11.6 Å². The highest BCUT2D eigenvalue weighted by molar-refractivity contribution is 5.10. The van der Waals surface area contributed by atoms with Gasteiger partial charge in [-0.25, -0.2) is 0 Å². The molecule has 0 saturated carbocycles. The van der Waals surface area contributed by atoms with Gasteiger partial charge < -0.3 is 9.84 Å².